The summed E-state index contributed by atoms with van der Waals surface area (Å²) in [4.78, 5) is 16.4. The van der Waals surface area contributed by atoms with Crippen molar-refractivity contribution in [2.24, 2.45) is 0 Å². The maximum Gasteiger partial charge on any atom is 0.387 e. The van der Waals surface area contributed by atoms with E-state index in [0.717, 1.165) is 5.56 Å². The lowest BCUT2D eigenvalue weighted by Crippen LogP contribution is -2.06. The number of hydrogen-bond acceptors (Lipinski definition) is 8. The molecule has 0 N–H and O–H groups in total. The zero-order chi connectivity index (χ0) is 22.4. The number of benzene rings is 2. The normalized spacial score (nSPS) is 11.9. The van der Waals surface area contributed by atoms with Crippen molar-refractivity contribution in [3.05, 3.63) is 59.5 Å². The molecule has 11 heteroatoms. The van der Waals surface area contributed by atoms with Gasteiger partial charge in [-0.25, -0.2) is 4.79 Å². The molecule has 0 saturated heterocycles. The maximum absolute atomic E-state index is 12.4. The van der Waals surface area contributed by atoms with E-state index in [1.165, 1.54) is 25.3 Å². The molecule has 0 amide bonds. The summed E-state index contributed by atoms with van der Waals surface area (Å²) < 4.78 is 55.9. The van der Waals surface area contributed by atoms with Gasteiger partial charge in [-0.15, -0.1) is 0 Å². The van der Waals surface area contributed by atoms with Crippen molar-refractivity contribution in [2.45, 2.75) is 19.0 Å². The third-order valence-electron chi connectivity index (χ3n) is 3.97. The highest BCUT2D eigenvalue weighted by molar-refractivity contribution is 7.83. The lowest BCUT2D eigenvalue weighted by Gasteiger charge is -2.10. The summed E-state index contributed by atoms with van der Waals surface area (Å²) in [5.41, 5.74) is 1.49. The molecule has 3 rings (SSSR count). The summed E-state index contributed by atoms with van der Waals surface area (Å²) in [6.45, 7) is -3.25. The summed E-state index contributed by atoms with van der Waals surface area (Å²) in [6, 6.07) is 10.8. The van der Waals surface area contributed by atoms with E-state index >= 15 is 0 Å². The number of aromatic nitrogens is 2. The number of esters is 1. The number of alkyl halides is 2. The molecule has 0 aliphatic rings. The molecule has 0 fully saturated rings. The van der Waals surface area contributed by atoms with Crippen LogP contribution in [0.1, 0.15) is 21.8 Å². The molecule has 31 heavy (non-hydrogen) atoms. The summed E-state index contributed by atoms with van der Waals surface area (Å²) in [5.74, 6) is -0.129. The Morgan fingerprint density at radius 3 is 2.71 bits per heavy atom. The van der Waals surface area contributed by atoms with Gasteiger partial charge in [-0.3, -0.25) is 4.21 Å². The first-order chi connectivity index (χ1) is 14.9. The number of hydrogen-bond donors (Lipinski definition) is 0. The minimum absolute atomic E-state index is 0.0426. The molecule has 164 valence electrons. The molecule has 0 saturated carbocycles. The second-order valence-corrected chi connectivity index (χ2v) is 7.68. The highest BCUT2D eigenvalue weighted by atomic mass is 32.2. The number of carbonyl (C=O) groups is 1. The molecule has 2 aromatic carbocycles. The number of halogens is 2. The first-order valence-electron chi connectivity index (χ1n) is 8.87. The highest BCUT2D eigenvalue weighted by Crippen LogP contribution is 2.32. The Balaban J connectivity index is 1.66. The van der Waals surface area contributed by atoms with Crippen LogP contribution in [-0.2, 0) is 27.9 Å². The van der Waals surface area contributed by atoms with Gasteiger partial charge in [-0.2, -0.15) is 13.8 Å². The number of nitrogens with zero attached hydrogens (tertiary/aromatic N) is 2. The van der Waals surface area contributed by atoms with Crippen LogP contribution in [0, 0.1) is 0 Å². The molecule has 1 unspecified atom stereocenters. The van der Waals surface area contributed by atoms with Crippen molar-refractivity contribution >= 4 is 16.8 Å². The standard InChI is InChI=1S/C20H18F2N2O6S/c1-27-16-9-13(6-7-15(16)29-20(21)22)18-23-17(30-24-18)10-28-19(25)14-5-3-4-12(8-14)11-31(2)26/h3-9,20H,10-11H2,1-2H3. The van der Waals surface area contributed by atoms with Crippen molar-refractivity contribution in [3.8, 4) is 22.9 Å². The third kappa shape index (κ3) is 6.07. The van der Waals surface area contributed by atoms with Crippen LogP contribution in [-0.4, -0.2) is 40.3 Å². The summed E-state index contributed by atoms with van der Waals surface area (Å²) >= 11 is 0. The van der Waals surface area contributed by atoms with Crippen LogP contribution in [0.15, 0.2) is 47.0 Å². The lowest BCUT2D eigenvalue weighted by atomic mass is 10.1. The van der Waals surface area contributed by atoms with Gasteiger partial charge in [0.1, 0.15) is 0 Å². The fourth-order valence-electron chi connectivity index (χ4n) is 2.66. The van der Waals surface area contributed by atoms with Crippen molar-refractivity contribution in [1.29, 1.82) is 0 Å². The Morgan fingerprint density at radius 1 is 1.19 bits per heavy atom. The second kappa shape index (κ2) is 10.1. The van der Waals surface area contributed by atoms with Crippen LogP contribution in [0.5, 0.6) is 11.5 Å². The molecule has 0 aliphatic heterocycles. The SMILES string of the molecule is COc1cc(-c2noc(COC(=O)c3cccc(CS(C)=O)c3)n2)ccc1OC(F)F. The number of rotatable bonds is 9. The van der Waals surface area contributed by atoms with Gasteiger partial charge in [0.2, 0.25) is 5.82 Å². The van der Waals surface area contributed by atoms with Crippen molar-refractivity contribution in [2.75, 3.05) is 13.4 Å². The molecule has 0 spiro atoms. The van der Waals surface area contributed by atoms with Gasteiger partial charge in [0.15, 0.2) is 18.1 Å². The first kappa shape index (κ1) is 22.3. The highest BCUT2D eigenvalue weighted by Gasteiger charge is 2.16. The first-order valence-corrected chi connectivity index (χ1v) is 10.6. The van der Waals surface area contributed by atoms with E-state index in [-0.39, 0.29) is 29.8 Å². The van der Waals surface area contributed by atoms with Gasteiger partial charge in [-0.1, -0.05) is 17.3 Å². The van der Waals surface area contributed by atoms with Crippen molar-refractivity contribution in [3.63, 3.8) is 0 Å². The average molecular weight is 452 g/mol. The molecule has 0 aliphatic carbocycles. The van der Waals surface area contributed by atoms with Gasteiger partial charge in [0, 0.05) is 28.4 Å². The van der Waals surface area contributed by atoms with E-state index in [2.05, 4.69) is 14.9 Å². The molecule has 0 bridgehead atoms. The molecule has 0 radical (unpaired) electrons. The van der Waals surface area contributed by atoms with E-state index in [9.17, 15) is 17.8 Å². The van der Waals surface area contributed by atoms with Crippen LogP contribution in [0.3, 0.4) is 0 Å². The van der Waals surface area contributed by atoms with E-state index in [1.807, 2.05) is 0 Å². The summed E-state index contributed by atoms with van der Waals surface area (Å²) in [7, 11) is 0.278. The average Bonchev–Trinajstić information content (AvgIpc) is 3.20. The molecule has 8 nitrogen and oxygen atoms in total. The Hall–Kier alpha value is -3.34. The van der Waals surface area contributed by atoms with Crippen molar-refractivity contribution in [1.82, 2.24) is 10.1 Å². The van der Waals surface area contributed by atoms with E-state index in [1.54, 1.807) is 30.5 Å². The van der Waals surface area contributed by atoms with Gasteiger partial charge < -0.3 is 18.7 Å². The minimum atomic E-state index is -2.99. The molecular weight excluding hydrogens is 434 g/mol. The molecule has 1 heterocycles. The smallest absolute Gasteiger partial charge is 0.387 e. The van der Waals surface area contributed by atoms with Gasteiger partial charge in [0.05, 0.1) is 12.7 Å². The fraction of sp³-hybridized carbons (Fsp3) is 0.250. The monoisotopic (exact) mass is 452 g/mol. The largest absolute Gasteiger partial charge is 0.493 e. The molecular formula is C20H18F2N2O6S. The molecule has 3 aromatic rings. The van der Waals surface area contributed by atoms with Gasteiger partial charge >= 0.3 is 12.6 Å². The maximum atomic E-state index is 12.4. The van der Waals surface area contributed by atoms with E-state index < -0.39 is 23.4 Å². The lowest BCUT2D eigenvalue weighted by molar-refractivity contribution is -0.0512. The van der Waals surface area contributed by atoms with E-state index in [0.29, 0.717) is 16.9 Å². The number of ether oxygens (including phenoxy) is 3. The van der Waals surface area contributed by atoms with Crippen LogP contribution in [0.25, 0.3) is 11.4 Å². The van der Waals surface area contributed by atoms with Gasteiger partial charge in [0.25, 0.3) is 5.89 Å². The van der Waals surface area contributed by atoms with Gasteiger partial charge in [-0.05, 0) is 35.9 Å². The van der Waals surface area contributed by atoms with Crippen LogP contribution >= 0.6 is 0 Å². The molecule has 1 atom stereocenters. The predicted octanol–water partition coefficient (Wildman–Crippen LogP) is 3.58. The van der Waals surface area contributed by atoms with Crippen LogP contribution in [0.4, 0.5) is 8.78 Å². The zero-order valence-electron chi connectivity index (χ0n) is 16.5. The Kier molecular flexibility index (Phi) is 7.29. The number of methoxy groups -OCH3 is 1. The summed E-state index contributed by atoms with van der Waals surface area (Å²) in [5, 5.41) is 3.79. The zero-order valence-corrected chi connectivity index (χ0v) is 17.4. The van der Waals surface area contributed by atoms with E-state index in [4.69, 9.17) is 14.0 Å². The number of carbonyl (C=O) groups excluding carboxylic acids is 1. The minimum Gasteiger partial charge on any atom is -0.493 e. The summed E-state index contributed by atoms with van der Waals surface area (Å²) in [6.07, 6.45) is 1.58. The van der Waals surface area contributed by atoms with Crippen LogP contribution in [0.2, 0.25) is 0 Å². The fourth-order valence-corrected chi connectivity index (χ4v) is 3.31. The molecule has 1 aromatic heterocycles. The third-order valence-corrected chi connectivity index (χ3v) is 4.71. The quantitative estimate of drug-likeness (QED) is 0.454. The Bertz CT molecular complexity index is 1090. The van der Waals surface area contributed by atoms with Crippen molar-refractivity contribution < 1.29 is 36.5 Å². The second-order valence-electron chi connectivity index (χ2n) is 6.25. The Morgan fingerprint density at radius 2 is 2.00 bits per heavy atom. The Labute approximate surface area is 178 Å². The van der Waals surface area contributed by atoms with Crippen LogP contribution < -0.4 is 9.47 Å². The topological polar surface area (TPSA) is 101 Å². The predicted molar refractivity (Wildman–Crippen MR) is 106 cm³/mol.